The zero-order valence-corrected chi connectivity index (χ0v) is 14.8. The number of likely N-dealkylation sites (N-methyl/N-ethyl adjacent to an activating group) is 2. The lowest BCUT2D eigenvalue weighted by Crippen LogP contribution is -2.29. The molecule has 1 amide bonds. The zero-order chi connectivity index (χ0) is 17.3. The van der Waals surface area contributed by atoms with Gasteiger partial charge in [-0.05, 0) is 30.5 Å². The molecule has 1 saturated heterocycles. The summed E-state index contributed by atoms with van der Waals surface area (Å²) in [5.74, 6) is 0.625. The van der Waals surface area contributed by atoms with Gasteiger partial charge in [-0.15, -0.1) is 0 Å². The van der Waals surface area contributed by atoms with Crippen LogP contribution in [0.25, 0.3) is 17.0 Å². The van der Waals surface area contributed by atoms with E-state index in [0.29, 0.717) is 11.7 Å². The number of rotatable bonds is 4. The van der Waals surface area contributed by atoms with E-state index in [0.717, 1.165) is 22.9 Å². The molecular weight excluding hydrogens is 300 g/mol. The lowest BCUT2D eigenvalue weighted by Gasteiger charge is -2.12. The Morgan fingerprint density at radius 3 is 2.71 bits per heavy atom. The van der Waals surface area contributed by atoms with Crippen molar-refractivity contribution in [3.63, 3.8) is 0 Å². The van der Waals surface area contributed by atoms with Gasteiger partial charge in [-0.1, -0.05) is 25.5 Å². The highest BCUT2D eigenvalue weighted by Crippen LogP contribution is 2.26. The molecule has 5 heteroatoms. The maximum atomic E-state index is 12.4. The number of H-pyrrole nitrogens is 1. The first-order chi connectivity index (χ1) is 11.6. The van der Waals surface area contributed by atoms with Crippen molar-refractivity contribution < 1.29 is 4.79 Å². The first-order valence-corrected chi connectivity index (χ1v) is 8.37. The van der Waals surface area contributed by atoms with Crippen LogP contribution in [-0.2, 0) is 11.2 Å². The van der Waals surface area contributed by atoms with Crippen molar-refractivity contribution in [2.45, 2.75) is 26.2 Å². The summed E-state index contributed by atoms with van der Waals surface area (Å²) in [6, 6.07) is 6.53. The fraction of sp³-hybridized carbons (Fsp3) is 0.368. The van der Waals surface area contributed by atoms with Crippen LogP contribution in [0.5, 0.6) is 0 Å². The Labute approximate surface area is 142 Å². The molecule has 24 heavy (non-hydrogen) atoms. The smallest absolute Gasteiger partial charge is 0.277 e. The normalized spacial score (nSPS) is 18.6. The number of guanidine groups is 1. The molecule has 1 fully saturated rings. The average molecular weight is 324 g/mol. The van der Waals surface area contributed by atoms with Gasteiger partial charge in [0.1, 0.15) is 5.70 Å². The molecule has 1 aliphatic rings. The van der Waals surface area contributed by atoms with Gasteiger partial charge in [0.05, 0.1) is 0 Å². The molecule has 0 unspecified atom stereocenters. The topological polar surface area (TPSA) is 51.7 Å². The summed E-state index contributed by atoms with van der Waals surface area (Å²) in [5.41, 5.74) is 4.11. The quantitative estimate of drug-likeness (QED) is 0.878. The number of benzene rings is 1. The van der Waals surface area contributed by atoms with Gasteiger partial charge in [0.15, 0.2) is 0 Å². The van der Waals surface area contributed by atoms with Crippen LogP contribution in [-0.4, -0.2) is 47.8 Å². The third kappa shape index (κ3) is 2.70. The molecule has 0 spiro atoms. The summed E-state index contributed by atoms with van der Waals surface area (Å²) in [4.78, 5) is 23.4. The summed E-state index contributed by atoms with van der Waals surface area (Å²) in [6.45, 7) is 2.21. The van der Waals surface area contributed by atoms with E-state index in [9.17, 15) is 4.79 Å². The van der Waals surface area contributed by atoms with Crippen LogP contribution in [0.1, 0.15) is 30.9 Å². The zero-order valence-electron chi connectivity index (χ0n) is 14.8. The Kier molecular flexibility index (Phi) is 4.42. The summed E-state index contributed by atoms with van der Waals surface area (Å²) in [5, 5.41) is 1.13. The maximum Gasteiger partial charge on any atom is 0.277 e. The van der Waals surface area contributed by atoms with E-state index in [2.05, 4.69) is 35.1 Å². The molecule has 0 bridgehead atoms. The Balaban J connectivity index is 1.97. The number of amides is 1. The number of nitrogens with one attached hydrogen (secondary N) is 1. The molecule has 0 radical (unpaired) electrons. The van der Waals surface area contributed by atoms with Gasteiger partial charge in [-0.3, -0.25) is 14.7 Å². The number of aryl methyl sites for hydroxylation is 1. The first-order valence-electron chi connectivity index (χ1n) is 8.37. The second kappa shape index (κ2) is 6.51. The Bertz CT molecular complexity index is 831. The van der Waals surface area contributed by atoms with Gasteiger partial charge in [0.25, 0.3) is 5.91 Å². The second-order valence-corrected chi connectivity index (χ2v) is 6.20. The van der Waals surface area contributed by atoms with Crippen molar-refractivity contribution in [2.75, 3.05) is 21.1 Å². The number of fused-ring (bicyclic) bond motifs is 1. The standard InChI is InChI=1S/C19H24N4O/c1-5-6-7-13-8-9-15-14(12-21-16(15)10-13)11-17-18(24)23(4)19(20-2)22(17)3/h8-12,21H,5-7H2,1-4H3/b17-11+,20-19-. The lowest BCUT2D eigenvalue weighted by molar-refractivity contribution is -0.121. The fourth-order valence-corrected chi connectivity index (χ4v) is 3.20. The number of carbonyl (C=O) groups excluding carboxylic acids is 1. The van der Waals surface area contributed by atoms with Crippen LogP contribution in [0.4, 0.5) is 0 Å². The molecule has 3 rings (SSSR count). The highest BCUT2D eigenvalue weighted by atomic mass is 16.2. The highest BCUT2D eigenvalue weighted by Gasteiger charge is 2.33. The number of carbonyl (C=O) groups is 1. The highest BCUT2D eigenvalue weighted by molar-refractivity contribution is 6.15. The largest absolute Gasteiger partial charge is 0.361 e. The molecule has 1 aliphatic heterocycles. The van der Waals surface area contributed by atoms with E-state index in [1.165, 1.54) is 18.4 Å². The van der Waals surface area contributed by atoms with Crippen molar-refractivity contribution in [3.8, 4) is 0 Å². The van der Waals surface area contributed by atoms with Crippen molar-refractivity contribution in [1.29, 1.82) is 0 Å². The molecule has 1 N–H and O–H groups in total. The van der Waals surface area contributed by atoms with Crippen molar-refractivity contribution >= 4 is 28.8 Å². The summed E-state index contributed by atoms with van der Waals surface area (Å²) in [6.07, 6.45) is 7.40. The number of unbranched alkanes of at least 4 members (excludes halogenated alkanes) is 1. The van der Waals surface area contributed by atoms with Crippen molar-refractivity contribution in [3.05, 3.63) is 41.2 Å². The molecular formula is C19H24N4O. The lowest BCUT2D eigenvalue weighted by atomic mass is 10.1. The summed E-state index contributed by atoms with van der Waals surface area (Å²) in [7, 11) is 5.31. The maximum absolute atomic E-state index is 12.4. The van der Waals surface area contributed by atoms with E-state index < -0.39 is 0 Å². The average Bonchev–Trinajstić information content (AvgIpc) is 3.07. The predicted octanol–water partition coefficient (Wildman–Crippen LogP) is 3.24. The number of hydrogen-bond donors (Lipinski definition) is 1. The van der Waals surface area contributed by atoms with Gasteiger partial charge >= 0.3 is 0 Å². The van der Waals surface area contributed by atoms with Crippen molar-refractivity contribution in [1.82, 2.24) is 14.8 Å². The van der Waals surface area contributed by atoms with Crippen LogP contribution in [0.15, 0.2) is 35.1 Å². The molecule has 126 valence electrons. The first kappa shape index (κ1) is 16.3. The third-order valence-electron chi connectivity index (χ3n) is 4.57. The van der Waals surface area contributed by atoms with Crippen LogP contribution >= 0.6 is 0 Å². The number of aromatic nitrogens is 1. The van der Waals surface area contributed by atoms with Crippen LogP contribution < -0.4 is 0 Å². The SMILES string of the molecule is CCCCc1ccc2c(/C=C3\C(=O)N(C)/C(=N\C)N3C)c[nH]c2c1. The summed E-state index contributed by atoms with van der Waals surface area (Å²) < 4.78 is 0. The molecule has 1 aromatic heterocycles. The number of aliphatic imine (C=N–C) groups is 1. The minimum atomic E-state index is -0.0352. The van der Waals surface area contributed by atoms with Gasteiger partial charge in [-0.25, -0.2) is 0 Å². The monoisotopic (exact) mass is 324 g/mol. The third-order valence-corrected chi connectivity index (χ3v) is 4.57. The van der Waals surface area contributed by atoms with E-state index in [-0.39, 0.29) is 5.91 Å². The van der Waals surface area contributed by atoms with Crippen molar-refractivity contribution in [2.24, 2.45) is 4.99 Å². The van der Waals surface area contributed by atoms with E-state index in [1.807, 2.05) is 24.2 Å². The molecule has 0 aliphatic carbocycles. The molecule has 5 nitrogen and oxygen atoms in total. The number of nitrogens with zero attached hydrogens (tertiary/aromatic N) is 3. The van der Waals surface area contributed by atoms with Gasteiger partial charge < -0.3 is 9.88 Å². The fourth-order valence-electron chi connectivity index (χ4n) is 3.20. The van der Waals surface area contributed by atoms with E-state index in [4.69, 9.17) is 0 Å². The van der Waals surface area contributed by atoms with E-state index >= 15 is 0 Å². The summed E-state index contributed by atoms with van der Waals surface area (Å²) >= 11 is 0. The Morgan fingerprint density at radius 2 is 2.04 bits per heavy atom. The molecule has 2 aromatic rings. The van der Waals surface area contributed by atoms with Crippen LogP contribution in [0.2, 0.25) is 0 Å². The predicted molar refractivity (Wildman–Crippen MR) is 98.8 cm³/mol. The van der Waals surface area contributed by atoms with Crippen LogP contribution in [0.3, 0.4) is 0 Å². The van der Waals surface area contributed by atoms with Crippen LogP contribution in [0, 0.1) is 0 Å². The van der Waals surface area contributed by atoms with Gasteiger partial charge in [0.2, 0.25) is 5.96 Å². The van der Waals surface area contributed by atoms with Gasteiger partial charge in [0, 0.05) is 43.8 Å². The minimum absolute atomic E-state index is 0.0352. The van der Waals surface area contributed by atoms with E-state index in [1.54, 1.807) is 19.0 Å². The minimum Gasteiger partial charge on any atom is -0.361 e. The molecule has 1 aromatic carbocycles. The Hall–Kier alpha value is -2.56. The number of hydrogen-bond acceptors (Lipinski definition) is 2. The molecule has 0 atom stereocenters. The van der Waals surface area contributed by atoms with Gasteiger partial charge in [-0.2, -0.15) is 0 Å². The Morgan fingerprint density at radius 1 is 1.25 bits per heavy atom. The number of aromatic amines is 1. The second-order valence-electron chi connectivity index (χ2n) is 6.20. The molecule has 0 saturated carbocycles. The molecule has 2 heterocycles.